The number of nitrogens with one attached hydrogen (secondary N) is 1. The topological polar surface area (TPSA) is 36.9 Å². The number of nitrogens with zero attached hydrogens (tertiary/aromatic N) is 2. The molecule has 0 aromatic rings. The van der Waals surface area contributed by atoms with E-state index in [1.807, 2.05) is 24.9 Å². The first kappa shape index (κ1) is 17.4. The van der Waals surface area contributed by atoms with E-state index in [9.17, 15) is 0 Å². The van der Waals surface area contributed by atoms with Gasteiger partial charge in [-0.05, 0) is 31.9 Å². The zero-order valence-electron chi connectivity index (χ0n) is 13.2. The highest BCUT2D eigenvalue weighted by Crippen LogP contribution is 2.32. The monoisotopic (exact) mass is 299 g/mol. The minimum Gasteiger partial charge on any atom is -0.381 e. The molecule has 5 heteroatoms. The van der Waals surface area contributed by atoms with Crippen molar-refractivity contribution >= 4 is 17.7 Å². The molecule has 0 amide bonds. The number of unbranched alkanes of at least 4 members (excludes halogenated alkanes) is 1. The van der Waals surface area contributed by atoms with Gasteiger partial charge in [-0.15, -0.1) is 6.58 Å². The lowest BCUT2D eigenvalue weighted by Crippen LogP contribution is -2.48. The Balaban J connectivity index is 2.45. The van der Waals surface area contributed by atoms with Gasteiger partial charge in [0.15, 0.2) is 5.96 Å². The Kier molecular flexibility index (Phi) is 8.07. The summed E-state index contributed by atoms with van der Waals surface area (Å²) in [5.41, 5.74) is 0. The molecule has 1 rings (SSSR count). The Morgan fingerprint density at radius 2 is 2.20 bits per heavy atom. The van der Waals surface area contributed by atoms with Gasteiger partial charge in [-0.1, -0.05) is 6.08 Å². The minimum absolute atomic E-state index is 0.288. The maximum absolute atomic E-state index is 5.48. The van der Waals surface area contributed by atoms with E-state index in [4.69, 9.17) is 4.74 Å². The Bertz CT molecular complexity index is 314. The lowest BCUT2D eigenvalue weighted by atomic mass is 9.99. The van der Waals surface area contributed by atoms with Crippen LogP contribution in [0.4, 0.5) is 0 Å². The van der Waals surface area contributed by atoms with E-state index in [1.54, 1.807) is 0 Å². The second-order valence-electron chi connectivity index (χ2n) is 5.25. The molecule has 1 N–H and O–H groups in total. The molecule has 0 unspecified atom stereocenters. The molecule has 0 aromatic carbocycles. The van der Waals surface area contributed by atoms with Crippen LogP contribution in [-0.4, -0.2) is 62.3 Å². The van der Waals surface area contributed by atoms with Crippen molar-refractivity contribution in [3.05, 3.63) is 12.7 Å². The summed E-state index contributed by atoms with van der Waals surface area (Å²) in [7, 11) is 3.94. The number of guanidine groups is 1. The van der Waals surface area contributed by atoms with Crippen molar-refractivity contribution in [1.82, 2.24) is 10.2 Å². The molecule has 0 aliphatic carbocycles. The van der Waals surface area contributed by atoms with Gasteiger partial charge >= 0.3 is 0 Å². The third-order valence-electron chi connectivity index (χ3n) is 3.88. The molecular formula is C15H29N3OS. The maximum Gasteiger partial charge on any atom is 0.193 e. The van der Waals surface area contributed by atoms with Crippen molar-refractivity contribution in [2.24, 2.45) is 4.99 Å². The highest BCUT2D eigenvalue weighted by atomic mass is 32.2. The van der Waals surface area contributed by atoms with Gasteiger partial charge in [0.25, 0.3) is 0 Å². The van der Waals surface area contributed by atoms with E-state index in [2.05, 4.69) is 35.1 Å². The Hall–Kier alpha value is -0.680. The summed E-state index contributed by atoms with van der Waals surface area (Å²) >= 11 is 1.95. The number of thioether (sulfide) groups is 1. The quantitative estimate of drug-likeness (QED) is 0.339. The van der Waals surface area contributed by atoms with Crippen LogP contribution in [-0.2, 0) is 4.74 Å². The summed E-state index contributed by atoms with van der Waals surface area (Å²) in [6.07, 6.45) is 8.55. The molecule has 0 aromatic heterocycles. The van der Waals surface area contributed by atoms with E-state index >= 15 is 0 Å². The van der Waals surface area contributed by atoms with Crippen molar-refractivity contribution < 1.29 is 4.74 Å². The first-order valence-corrected chi connectivity index (χ1v) is 8.55. The van der Waals surface area contributed by atoms with Crippen LogP contribution < -0.4 is 5.32 Å². The largest absolute Gasteiger partial charge is 0.381 e. The molecule has 4 nitrogen and oxygen atoms in total. The molecule has 0 radical (unpaired) electrons. The standard InChI is InChI=1S/C15H29N3OS/c1-5-6-7-10-18(3)14(16-2)17-13-15(20-4)8-11-19-12-9-15/h5H,1,6-13H2,2-4H3,(H,16,17). The fourth-order valence-corrected chi connectivity index (χ4v) is 3.19. The van der Waals surface area contributed by atoms with Crippen LogP contribution >= 0.6 is 11.8 Å². The van der Waals surface area contributed by atoms with Crippen LogP contribution in [0.15, 0.2) is 17.6 Å². The number of aliphatic imine (C=N–C) groups is 1. The zero-order valence-corrected chi connectivity index (χ0v) is 14.0. The van der Waals surface area contributed by atoms with Crippen molar-refractivity contribution in [3.8, 4) is 0 Å². The van der Waals surface area contributed by atoms with Gasteiger partial charge in [-0.2, -0.15) is 11.8 Å². The summed E-state index contributed by atoms with van der Waals surface area (Å²) in [5, 5.41) is 3.53. The summed E-state index contributed by atoms with van der Waals surface area (Å²) in [4.78, 5) is 6.57. The van der Waals surface area contributed by atoms with Gasteiger partial charge in [0.1, 0.15) is 0 Å². The van der Waals surface area contributed by atoms with Crippen LogP contribution in [0.2, 0.25) is 0 Å². The molecule has 20 heavy (non-hydrogen) atoms. The van der Waals surface area contributed by atoms with Crippen LogP contribution in [0.5, 0.6) is 0 Å². The number of allylic oxidation sites excluding steroid dienone is 1. The molecule has 116 valence electrons. The van der Waals surface area contributed by atoms with Gasteiger partial charge < -0.3 is 15.0 Å². The third kappa shape index (κ3) is 5.37. The number of hydrogen-bond acceptors (Lipinski definition) is 3. The van der Waals surface area contributed by atoms with E-state index in [0.717, 1.165) is 57.9 Å². The molecule has 1 aliphatic heterocycles. The SMILES string of the molecule is C=CCCCN(C)C(=NC)NCC1(SC)CCOCC1. The highest BCUT2D eigenvalue weighted by Gasteiger charge is 2.32. The maximum atomic E-state index is 5.48. The van der Waals surface area contributed by atoms with Gasteiger partial charge in [-0.25, -0.2) is 0 Å². The third-order valence-corrected chi connectivity index (χ3v) is 5.30. The predicted octanol–water partition coefficient (Wildman–Crippen LogP) is 2.37. The Morgan fingerprint density at radius 3 is 2.75 bits per heavy atom. The van der Waals surface area contributed by atoms with Crippen molar-refractivity contribution in [3.63, 3.8) is 0 Å². The lowest BCUT2D eigenvalue weighted by molar-refractivity contribution is 0.0781. The fraction of sp³-hybridized carbons (Fsp3) is 0.800. The van der Waals surface area contributed by atoms with Crippen LogP contribution in [0, 0.1) is 0 Å². The second kappa shape index (κ2) is 9.29. The zero-order chi connectivity index (χ0) is 14.8. The van der Waals surface area contributed by atoms with Gasteiger partial charge in [-0.3, -0.25) is 4.99 Å². The Labute approximate surface area is 128 Å². The minimum atomic E-state index is 0.288. The first-order chi connectivity index (χ1) is 9.67. The van der Waals surface area contributed by atoms with E-state index in [1.165, 1.54) is 0 Å². The van der Waals surface area contributed by atoms with Crippen molar-refractivity contribution in [2.45, 2.75) is 30.4 Å². The van der Waals surface area contributed by atoms with Crippen molar-refractivity contribution in [1.29, 1.82) is 0 Å². The van der Waals surface area contributed by atoms with Crippen LogP contribution in [0.3, 0.4) is 0 Å². The normalized spacial score (nSPS) is 18.6. The molecule has 0 saturated carbocycles. The summed E-state index contributed by atoms with van der Waals surface area (Å²) < 4.78 is 5.77. The first-order valence-electron chi connectivity index (χ1n) is 7.33. The molecule has 0 atom stereocenters. The van der Waals surface area contributed by atoms with Crippen molar-refractivity contribution in [2.75, 3.05) is 46.7 Å². The summed E-state index contributed by atoms with van der Waals surface area (Å²) in [6, 6.07) is 0. The molecule has 1 saturated heterocycles. The van der Waals surface area contributed by atoms with Crippen LogP contribution in [0.25, 0.3) is 0 Å². The number of ether oxygens (including phenoxy) is 1. The van der Waals surface area contributed by atoms with Gasteiger partial charge in [0, 0.05) is 45.1 Å². The highest BCUT2D eigenvalue weighted by molar-refractivity contribution is 8.00. The number of rotatable bonds is 7. The average Bonchev–Trinajstić information content (AvgIpc) is 2.49. The summed E-state index contributed by atoms with van der Waals surface area (Å²) in [5.74, 6) is 0.981. The molecule has 0 spiro atoms. The molecule has 0 bridgehead atoms. The molecule has 1 fully saturated rings. The fourth-order valence-electron chi connectivity index (χ4n) is 2.40. The molecular weight excluding hydrogens is 270 g/mol. The van der Waals surface area contributed by atoms with E-state index in [-0.39, 0.29) is 4.75 Å². The second-order valence-corrected chi connectivity index (χ2v) is 6.53. The van der Waals surface area contributed by atoms with Crippen LogP contribution in [0.1, 0.15) is 25.7 Å². The van der Waals surface area contributed by atoms with Gasteiger partial charge in [0.05, 0.1) is 0 Å². The predicted molar refractivity (Wildman–Crippen MR) is 89.7 cm³/mol. The van der Waals surface area contributed by atoms with E-state index in [0.29, 0.717) is 0 Å². The molecule has 1 heterocycles. The molecule has 1 aliphatic rings. The number of hydrogen-bond donors (Lipinski definition) is 1. The summed E-state index contributed by atoms with van der Waals surface area (Å²) in [6.45, 7) is 7.46. The Morgan fingerprint density at radius 1 is 1.50 bits per heavy atom. The smallest absolute Gasteiger partial charge is 0.193 e. The van der Waals surface area contributed by atoms with Gasteiger partial charge in [0.2, 0.25) is 0 Å². The lowest BCUT2D eigenvalue weighted by Gasteiger charge is -2.36. The average molecular weight is 299 g/mol. The van der Waals surface area contributed by atoms with E-state index < -0.39 is 0 Å².